The monoisotopic (exact) mass is 360 g/mol. The summed E-state index contributed by atoms with van der Waals surface area (Å²) in [7, 11) is -5.34. The van der Waals surface area contributed by atoms with Crippen LogP contribution in [0.4, 0.5) is 0 Å². The number of hydrogen-bond acceptors (Lipinski definition) is 5. The van der Waals surface area contributed by atoms with Gasteiger partial charge < -0.3 is 14.5 Å². The summed E-state index contributed by atoms with van der Waals surface area (Å²) in [6.45, 7) is -6.78. The number of ether oxygens (including phenoxy) is 2. The molecule has 0 aliphatic rings. The van der Waals surface area contributed by atoms with E-state index in [-0.39, 0.29) is 16.8 Å². The predicted octanol–water partition coefficient (Wildman–Crippen LogP) is 2.90. The number of nitrogens with zero attached hydrogens (tertiary/aromatic N) is 2. The van der Waals surface area contributed by atoms with Gasteiger partial charge in [0.05, 0.1) is 57.0 Å². The number of imidazole rings is 1. The van der Waals surface area contributed by atoms with Gasteiger partial charge in [0.15, 0.2) is 5.16 Å². The summed E-state index contributed by atoms with van der Waals surface area (Å²) in [4.78, 5) is 9.74. The third kappa shape index (κ3) is 2.99. The summed E-state index contributed by atoms with van der Waals surface area (Å²) in [6.07, 6.45) is -1.24. The maximum Gasteiger partial charge on any atom is 0.197 e. The van der Waals surface area contributed by atoms with E-state index in [9.17, 15) is 4.21 Å². The molecule has 1 unspecified atom stereocenters. The SMILES string of the molecule is [2H]c1nc(C([2H])([2H])S(=O)c2nc3c([2H])c([2H])c(OC)c([2H])c3[nH]2)c(C([2H])([2H])[2H])c(OC([2H])([2H])[2H])c1C([2H])([2H])[2H]. The van der Waals surface area contributed by atoms with Crippen molar-refractivity contribution in [2.45, 2.75) is 24.6 Å². The first kappa shape index (κ1) is 6.15. The fraction of sp³-hybridized carbons (Fsp3) is 0.294. The van der Waals surface area contributed by atoms with Crippen molar-refractivity contribution in [2.75, 3.05) is 14.1 Å². The number of pyridine rings is 1. The van der Waals surface area contributed by atoms with E-state index >= 15 is 0 Å². The molecule has 0 saturated heterocycles. The zero-order valence-electron chi connectivity index (χ0n) is 27.0. The Morgan fingerprint density at radius 2 is 2.33 bits per heavy atom. The standard InChI is InChI=1S/C17H19N3O3S/c1-10-8-18-15(11(2)16(10)23-4)9-24(21)17-19-13-6-5-12(22-3)7-14(13)20-17/h5-8H,9H2,1-4H3,(H,19,20)/i1D3,2D3,4D3,5D,6D,7D,8D,9D2. The normalized spacial score (nSPS) is 23.6. The van der Waals surface area contributed by atoms with Gasteiger partial charge in [0.1, 0.15) is 11.5 Å². The van der Waals surface area contributed by atoms with Gasteiger partial charge in [-0.1, -0.05) is 0 Å². The molecule has 0 bridgehead atoms. The van der Waals surface area contributed by atoms with Gasteiger partial charge in [-0.15, -0.1) is 0 Å². The van der Waals surface area contributed by atoms with Crippen LogP contribution in [-0.2, 0) is 16.5 Å². The number of fused-ring (bicyclic) bond motifs is 1. The summed E-state index contributed by atoms with van der Waals surface area (Å²) in [6, 6.07) is -1.54. The van der Waals surface area contributed by atoms with Crippen LogP contribution in [0.15, 0.2) is 29.5 Å². The minimum absolute atomic E-state index is 0.249. The molecule has 7 heteroatoms. The number of methoxy groups -OCH3 is 2. The molecular weight excluding hydrogens is 326 g/mol. The molecule has 1 atom stereocenters. The molecule has 3 rings (SSSR count). The van der Waals surface area contributed by atoms with Crippen molar-refractivity contribution in [2.24, 2.45) is 0 Å². The fourth-order valence-corrected chi connectivity index (χ4v) is 2.54. The lowest BCUT2D eigenvalue weighted by molar-refractivity contribution is 0.407. The molecule has 6 nitrogen and oxygen atoms in total. The Labute approximate surface area is 163 Å². The van der Waals surface area contributed by atoms with E-state index in [0.717, 1.165) is 7.11 Å². The topological polar surface area (TPSA) is 77.1 Å². The lowest BCUT2D eigenvalue weighted by atomic mass is 10.1. The average molecular weight is 361 g/mol. The van der Waals surface area contributed by atoms with Crippen LogP contribution in [0.2, 0.25) is 0 Å². The van der Waals surface area contributed by atoms with Crippen LogP contribution in [0.25, 0.3) is 11.0 Å². The predicted molar refractivity (Wildman–Crippen MR) is 93.0 cm³/mol. The molecule has 0 amide bonds. The van der Waals surface area contributed by atoms with Crippen molar-refractivity contribution < 1.29 is 34.2 Å². The second-order valence-electron chi connectivity index (χ2n) is 4.30. The second kappa shape index (κ2) is 6.60. The van der Waals surface area contributed by atoms with Crippen LogP contribution in [-0.4, -0.2) is 33.3 Å². The molecule has 0 saturated carbocycles. The number of hydrogen-bond donors (Lipinski definition) is 1. The van der Waals surface area contributed by atoms with E-state index in [1.54, 1.807) is 0 Å². The summed E-state index contributed by atoms with van der Waals surface area (Å²) in [5, 5.41) is -0.729. The van der Waals surface area contributed by atoms with Crippen LogP contribution in [0.5, 0.6) is 11.5 Å². The molecule has 2 heterocycles. The van der Waals surface area contributed by atoms with Crippen LogP contribution < -0.4 is 9.47 Å². The number of nitrogens with one attached hydrogen (secondary N) is 1. The molecule has 0 aliphatic carbocycles. The molecule has 3 aromatic rings. The summed E-state index contributed by atoms with van der Waals surface area (Å²) >= 11 is 0. The summed E-state index contributed by atoms with van der Waals surface area (Å²) < 4.78 is 141. The molecule has 24 heavy (non-hydrogen) atoms. The number of rotatable bonds is 5. The lowest BCUT2D eigenvalue weighted by Gasteiger charge is -2.11. The Bertz CT molecular complexity index is 1480. The summed E-state index contributed by atoms with van der Waals surface area (Å²) in [5.41, 5.74) is -7.78. The van der Waals surface area contributed by atoms with Gasteiger partial charge in [-0.05, 0) is 25.8 Å². The number of H-pyrrole nitrogens is 1. The Morgan fingerprint density at radius 1 is 1.42 bits per heavy atom. The lowest BCUT2D eigenvalue weighted by Crippen LogP contribution is -2.05. The number of benzene rings is 1. The number of aromatic nitrogens is 3. The maximum absolute atomic E-state index is 13.5. The zero-order chi connectivity index (χ0) is 30.0. The Balaban J connectivity index is 2.37. The van der Waals surface area contributed by atoms with E-state index in [4.69, 9.17) is 25.3 Å². The van der Waals surface area contributed by atoms with Gasteiger partial charge in [-0.3, -0.25) is 9.19 Å². The minimum Gasteiger partial charge on any atom is -0.497 e. The Morgan fingerprint density at radius 3 is 3.08 bits per heavy atom. The highest BCUT2D eigenvalue weighted by molar-refractivity contribution is 7.84. The molecule has 0 spiro atoms. The van der Waals surface area contributed by atoms with Gasteiger partial charge >= 0.3 is 0 Å². The molecular formula is C17H19N3O3S. The zero-order valence-corrected chi connectivity index (χ0v) is 12.8. The van der Waals surface area contributed by atoms with E-state index in [1.807, 2.05) is 0 Å². The van der Waals surface area contributed by atoms with E-state index in [0.29, 0.717) is 0 Å². The molecule has 2 aromatic heterocycles. The van der Waals surface area contributed by atoms with Crippen LogP contribution in [0, 0.1) is 13.7 Å². The highest BCUT2D eigenvalue weighted by Gasteiger charge is 2.16. The largest absolute Gasteiger partial charge is 0.497 e. The molecule has 1 N–H and O–H groups in total. The molecule has 1 aromatic carbocycles. The molecule has 0 aliphatic heterocycles. The van der Waals surface area contributed by atoms with Crippen LogP contribution in [0.1, 0.15) is 37.4 Å². The molecule has 0 fully saturated rings. The highest BCUT2D eigenvalue weighted by Crippen LogP contribution is 2.26. The van der Waals surface area contributed by atoms with Crippen molar-refractivity contribution in [1.82, 2.24) is 15.0 Å². The highest BCUT2D eigenvalue weighted by atomic mass is 32.2. The van der Waals surface area contributed by atoms with Crippen LogP contribution >= 0.6 is 0 Å². The average Bonchev–Trinajstić information content (AvgIpc) is 3.20. The van der Waals surface area contributed by atoms with Crippen molar-refractivity contribution >= 4 is 21.8 Å². The van der Waals surface area contributed by atoms with Gasteiger partial charge in [0.2, 0.25) is 0 Å². The van der Waals surface area contributed by atoms with Crippen molar-refractivity contribution in [1.29, 1.82) is 0 Å². The first-order valence-corrected chi connectivity index (χ1v) is 7.39. The third-order valence-corrected chi connectivity index (χ3v) is 3.78. The second-order valence-corrected chi connectivity index (χ2v) is 5.43. The van der Waals surface area contributed by atoms with E-state index in [2.05, 4.69) is 19.7 Å². The Kier molecular flexibility index (Phi) is 1.69. The maximum atomic E-state index is 13.5. The van der Waals surface area contributed by atoms with Crippen LogP contribution in [0.3, 0.4) is 0 Å². The minimum atomic E-state index is -3.47. The quantitative estimate of drug-likeness (QED) is 0.757. The van der Waals surface area contributed by atoms with Gasteiger partial charge in [0, 0.05) is 34.3 Å². The van der Waals surface area contributed by atoms with Gasteiger partial charge in [-0.2, -0.15) is 0 Å². The first-order valence-electron chi connectivity index (χ1n) is 13.7. The summed E-state index contributed by atoms with van der Waals surface area (Å²) in [5.74, 6) is -1.67. The Hall–Kier alpha value is -2.41. The third-order valence-electron chi connectivity index (χ3n) is 2.86. The molecule has 126 valence electrons. The number of aromatic amines is 1. The fourth-order valence-electron chi connectivity index (χ4n) is 1.75. The van der Waals surface area contributed by atoms with Crippen molar-refractivity contribution in [3.05, 3.63) is 41.1 Å². The smallest absolute Gasteiger partial charge is 0.197 e. The van der Waals surface area contributed by atoms with E-state index in [1.165, 1.54) is 0 Å². The van der Waals surface area contributed by atoms with E-state index < -0.39 is 89.3 Å². The van der Waals surface area contributed by atoms with Gasteiger partial charge in [-0.25, -0.2) is 4.98 Å². The van der Waals surface area contributed by atoms with Crippen molar-refractivity contribution in [3.63, 3.8) is 0 Å². The van der Waals surface area contributed by atoms with Crippen molar-refractivity contribution in [3.8, 4) is 11.5 Å². The van der Waals surface area contributed by atoms with Gasteiger partial charge in [0.25, 0.3) is 0 Å². The molecule has 0 radical (unpaired) electrons. The first-order chi connectivity index (χ1) is 17.5.